The summed E-state index contributed by atoms with van der Waals surface area (Å²) in [5, 5.41) is 8.69. The third-order valence-corrected chi connectivity index (χ3v) is 2.14. The number of aromatic carboxylic acids is 1. The Kier molecular flexibility index (Phi) is 2.63. The van der Waals surface area contributed by atoms with Crippen molar-refractivity contribution in [3.05, 3.63) is 36.3 Å². The van der Waals surface area contributed by atoms with Crippen molar-refractivity contribution in [3.63, 3.8) is 0 Å². The van der Waals surface area contributed by atoms with E-state index in [2.05, 4.69) is 15.0 Å². The molecule has 0 bridgehead atoms. The summed E-state index contributed by atoms with van der Waals surface area (Å²) in [7, 11) is 0. The van der Waals surface area contributed by atoms with Gasteiger partial charge in [-0.2, -0.15) is 0 Å². The van der Waals surface area contributed by atoms with Crippen molar-refractivity contribution >= 4 is 5.97 Å². The van der Waals surface area contributed by atoms with Crippen LogP contribution in [-0.4, -0.2) is 30.6 Å². The van der Waals surface area contributed by atoms with Crippen LogP contribution in [0.5, 0.6) is 0 Å². The lowest BCUT2D eigenvalue weighted by Gasteiger charge is -2.04. The van der Waals surface area contributed by atoms with E-state index < -0.39 is 5.97 Å². The van der Waals surface area contributed by atoms with Crippen molar-refractivity contribution in [1.29, 1.82) is 0 Å². The van der Waals surface area contributed by atoms with E-state index in [9.17, 15) is 4.79 Å². The summed E-state index contributed by atoms with van der Waals surface area (Å²) in [5.74, 6) is 0.345. The van der Waals surface area contributed by atoms with Crippen LogP contribution in [-0.2, 0) is 6.42 Å². The molecule has 0 saturated heterocycles. The summed E-state index contributed by atoms with van der Waals surface area (Å²) in [6, 6.07) is 0. The smallest absolute Gasteiger partial charge is 0.356 e. The molecule has 0 radical (unpaired) electrons. The Labute approximate surface area is 91.6 Å². The molecular weight excluding hydrogens is 208 g/mol. The predicted molar refractivity (Wildman–Crippen MR) is 55.5 cm³/mol. The van der Waals surface area contributed by atoms with E-state index in [1.54, 1.807) is 17.0 Å². The number of rotatable bonds is 3. The van der Waals surface area contributed by atoms with Gasteiger partial charge in [-0.15, -0.1) is 0 Å². The lowest BCUT2D eigenvalue weighted by Crippen LogP contribution is -2.06. The highest BCUT2D eigenvalue weighted by molar-refractivity contribution is 5.84. The standard InChI is InChI=1S/C10H10N4O2/c1-2-8-11-3-4-14(8)9-6-12-7(5-13-9)10(15)16/h3-6H,2H2,1H3,(H,15,16). The van der Waals surface area contributed by atoms with Crippen molar-refractivity contribution in [3.8, 4) is 5.82 Å². The van der Waals surface area contributed by atoms with Crippen molar-refractivity contribution < 1.29 is 9.90 Å². The molecule has 6 nitrogen and oxygen atoms in total. The maximum absolute atomic E-state index is 10.6. The zero-order valence-corrected chi connectivity index (χ0v) is 8.66. The van der Waals surface area contributed by atoms with E-state index in [1.807, 2.05) is 6.92 Å². The second-order valence-corrected chi connectivity index (χ2v) is 3.13. The van der Waals surface area contributed by atoms with Gasteiger partial charge in [-0.3, -0.25) is 4.57 Å². The Hall–Kier alpha value is -2.24. The second-order valence-electron chi connectivity index (χ2n) is 3.13. The van der Waals surface area contributed by atoms with Crippen LogP contribution >= 0.6 is 0 Å². The number of aromatic nitrogens is 4. The van der Waals surface area contributed by atoms with Gasteiger partial charge in [-0.1, -0.05) is 6.92 Å². The summed E-state index contributed by atoms with van der Waals surface area (Å²) in [6.45, 7) is 1.98. The molecule has 0 unspecified atom stereocenters. The monoisotopic (exact) mass is 218 g/mol. The molecule has 0 aromatic carbocycles. The van der Waals surface area contributed by atoms with Crippen molar-refractivity contribution in [2.24, 2.45) is 0 Å². The van der Waals surface area contributed by atoms with Gasteiger partial charge in [0.1, 0.15) is 5.82 Å². The number of carbonyl (C=O) groups is 1. The summed E-state index contributed by atoms with van der Waals surface area (Å²) in [4.78, 5) is 22.6. The molecular formula is C10H10N4O2. The molecule has 0 aliphatic heterocycles. The molecule has 6 heteroatoms. The first-order valence-electron chi connectivity index (χ1n) is 4.80. The molecule has 0 saturated carbocycles. The van der Waals surface area contributed by atoms with Crippen molar-refractivity contribution in [2.45, 2.75) is 13.3 Å². The minimum atomic E-state index is -1.08. The van der Waals surface area contributed by atoms with E-state index in [-0.39, 0.29) is 5.69 Å². The normalized spacial score (nSPS) is 10.3. The van der Waals surface area contributed by atoms with E-state index in [4.69, 9.17) is 5.11 Å². The third-order valence-electron chi connectivity index (χ3n) is 2.14. The topological polar surface area (TPSA) is 80.9 Å². The second kappa shape index (κ2) is 4.09. The Balaban J connectivity index is 2.38. The molecule has 2 aromatic heterocycles. The maximum Gasteiger partial charge on any atom is 0.356 e. The molecule has 2 heterocycles. The van der Waals surface area contributed by atoms with E-state index in [0.717, 1.165) is 12.2 Å². The Morgan fingerprint density at radius 1 is 1.38 bits per heavy atom. The van der Waals surface area contributed by atoms with Crippen LogP contribution < -0.4 is 0 Å². The van der Waals surface area contributed by atoms with Crippen LogP contribution in [0.3, 0.4) is 0 Å². The van der Waals surface area contributed by atoms with Gasteiger partial charge in [0, 0.05) is 18.8 Å². The van der Waals surface area contributed by atoms with E-state index >= 15 is 0 Å². The molecule has 2 aromatic rings. The molecule has 0 amide bonds. The fraction of sp³-hybridized carbons (Fsp3) is 0.200. The predicted octanol–water partition coefficient (Wildman–Crippen LogP) is 0.923. The Bertz CT molecular complexity index is 504. The average molecular weight is 218 g/mol. The summed E-state index contributed by atoms with van der Waals surface area (Å²) in [6.07, 6.45) is 6.87. The van der Waals surface area contributed by atoms with Crippen LogP contribution in [0.1, 0.15) is 23.2 Å². The third kappa shape index (κ3) is 1.77. The first kappa shape index (κ1) is 10.3. The fourth-order valence-corrected chi connectivity index (χ4v) is 1.36. The number of carboxylic acid groups (broad SMARTS) is 1. The quantitative estimate of drug-likeness (QED) is 0.828. The molecule has 0 spiro atoms. The zero-order valence-electron chi connectivity index (χ0n) is 8.66. The van der Waals surface area contributed by atoms with Gasteiger partial charge in [0.05, 0.1) is 12.4 Å². The van der Waals surface area contributed by atoms with Crippen LogP contribution in [0.15, 0.2) is 24.8 Å². The summed E-state index contributed by atoms with van der Waals surface area (Å²) >= 11 is 0. The molecule has 0 aliphatic carbocycles. The molecule has 1 N–H and O–H groups in total. The van der Waals surface area contributed by atoms with Crippen LogP contribution in [0, 0.1) is 0 Å². The number of hydrogen-bond donors (Lipinski definition) is 1. The van der Waals surface area contributed by atoms with Gasteiger partial charge in [0.25, 0.3) is 0 Å². The SMILES string of the molecule is CCc1nccn1-c1cnc(C(=O)O)cn1. The number of carboxylic acids is 1. The Morgan fingerprint density at radius 3 is 2.75 bits per heavy atom. The highest BCUT2D eigenvalue weighted by Crippen LogP contribution is 2.07. The number of hydrogen-bond acceptors (Lipinski definition) is 4. The van der Waals surface area contributed by atoms with Gasteiger partial charge >= 0.3 is 5.97 Å². The maximum atomic E-state index is 10.6. The van der Waals surface area contributed by atoms with Crippen molar-refractivity contribution in [2.75, 3.05) is 0 Å². The average Bonchev–Trinajstić information content (AvgIpc) is 2.77. The molecule has 16 heavy (non-hydrogen) atoms. The van der Waals surface area contributed by atoms with Gasteiger partial charge in [0.2, 0.25) is 0 Å². The van der Waals surface area contributed by atoms with Crippen LogP contribution in [0.25, 0.3) is 5.82 Å². The highest BCUT2D eigenvalue weighted by Gasteiger charge is 2.07. The van der Waals surface area contributed by atoms with Gasteiger partial charge in [-0.25, -0.2) is 19.7 Å². The summed E-state index contributed by atoms with van der Waals surface area (Å²) < 4.78 is 1.78. The first-order valence-corrected chi connectivity index (χ1v) is 4.80. The molecule has 0 aliphatic rings. The molecule has 2 rings (SSSR count). The molecule has 0 atom stereocenters. The summed E-state index contributed by atoms with van der Waals surface area (Å²) in [5.41, 5.74) is -0.0677. The van der Waals surface area contributed by atoms with Gasteiger partial charge < -0.3 is 5.11 Å². The number of imidazole rings is 1. The molecule has 82 valence electrons. The number of aryl methyl sites for hydroxylation is 1. The number of nitrogens with zero attached hydrogens (tertiary/aromatic N) is 4. The highest BCUT2D eigenvalue weighted by atomic mass is 16.4. The lowest BCUT2D eigenvalue weighted by atomic mass is 10.4. The Morgan fingerprint density at radius 2 is 2.19 bits per heavy atom. The van der Waals surface area contributed by atoms with E-state index in [0.29, 0.717) is 5.82 Å². The van der Waals surface area contributed by atoms with Crippen molar-refractivity contribution in [1.82, 2.24) is 19.5 Å². The van der Waals surface area contributed by atoms with Gasteiger partial charge in [-0.05, 0) is 0 Å². The van der Waals surface area contributed by atoms with E-state index in [1.165, 1.54) is 12.4 Å². The van der Waals surface area contributed by atoms with Crippen LogP contribution in [0.2, 0.25) is 0 Å². The molecule has 0 fully saturated rings. The fourth-order valence-electron chi connectivity index (χ4n) is 1.36. The zero-order chi connectivity index (χ0) is 11.5. The minimum absolute atomic E-state index is 0.0677. The van der Waals surface area contributed by atoms with Crippen LogP contribution in [0.4, 0.5) is 0 Å². The lowest BCUT2D eigenvalue weighted by molar-refractivity contribution is 0.0690. The minimum Gasteiger partial charge on any atom is -0.476 e. The largest absolute Gasteiger partial charge is 0.476 e. The van der Waals surface area contributed by atoms with Gasteiger partial charge in [0.15, 0.2) is 11.5 Å². The first-order chi connectivity index (χ1) is 7.72.